The molecule has 0 spiro atoms. The average Bonchev–Trinajstić information content (AvgIpc) is 3.50. The fourth-order valence-corrected chi connectivity index (χ4v) is 7.50. The van der Waals surface area contributed by atoms with E-state index in [0.717, 1.165) is 52.8 Å². The van der Waals surface area contributed by atoms with Gasteiger partial charge in [0.2, 0.25) is 11.8 Å². The van der Waals surface area contributed by atoms with Crippen LogP contribution in [0.25, 0.3) is 22.4 Å². The molecule has 1 fully saturated rings. The second kappa shape index (κ2) is 15.5. The lowest BCUT2D eigenvalue weighted by Gasteiger charge is -2.31. The van der Waals surface area contributed by atoms with Crippen molar-refractivity contribution in [2.75, 3.05) is 20.8 Å². The van der Waals surface area contributed by atoms with Gasteiger partial charge >= 0.3 is 12.1 Å². The molecule has 0 radical (unpaired) electrons. The van der Waals surface area contributed by atoms with Crippen LogP contribution in [0.5, 0.6) is 11.8 Å². The van der Waals surface area contributed by atoms with Crippen molar-refractivity contribution in [1.82, 2.24) is 20.3 Å². The molecule has 6 rings (SSSR count). The third kappa shape index (κ3) is 8.13. The van der Waals surface area contributed by atoms with E-state index in [1.54, 1.807) is 7.11 Å². The number of halogens is 4. The van der Waals surface area contributed by atoms with Gasteiger partial charge in [-0.2, -0.15) is 13.2 Å². The summed E-state index contributed by atoms with van der Waals surface area (Å²) >= 11 is 7.10. The van der Waals surface area contributed by atoms with Gasteiger partial charge in [0, 0.05) is 29.7 Å². The third-order valence-corrected chi connectivity index (χ3v) is 10.2. The maximum atomic E-state index is 14.3. The van der Waals surface area contributed by atoms with E-state index >= 15 is 0 Å². The van der Waals surface area contributed by atoms with Crippen LogP contribution in [0.4, 0.5) is 13.2 Å². The van der Waals surface area contributed by atoms with Crippen molar-refractivity contribution in [3.8, 4) is 34.1 Å². The molecule has 0 bridgehead atoms. The minimum absolute atomic E-state index is 0.00223. The van der Waals surface area contributed by atoms with Crippen LogP contribution in [-0.2, 0) is 36.8 Å². The summed E-state index contributed by atoms with van der Waals surface area (Å²) in [5, 5.41) is 22.4. The van der Waals surface area contributed by atoms with Gasteiger partial charge in [-0.25, -0.2) is 15.0 Å². The zero-order valence-electron chi connectivity index (χ0n) is 28.4. The second-order valence-corrected chi connectivity index (χ2v) is 13.6. The number of carbonyl (C=O) groups is 1. The van der Waals surface area contributed by atoms with Gasteiger partial charge in [-0.15, -0.1) is 0 Å². The van der Waals surface area contributed by atoms with Crippen molar-refractivity contribution in [1.29, 1.82) is 0 Å². The number of fused-ring (bicyclic) bond motifs is 1. The summed E-state index contributed by atoms with van der Waals surface area (Å²) in [7, 11) is 2.90. The predicted molar refractivity (Wildman–Crippen MR) is 186 cm³/mol. The molecule has 2 aromatic carbocycles. The van der Waals surface area contributed by atoms with Crippen molar-refractivity contribution < 1.29 is 37.7 Å². The third-order valence-electron chi connectivity index (χ3n) is 9.76. The first-order chi connectivity index (χ1) is 24.5. The molecule has 0 unspecified atom stereocenters. The fraction of sp³-hybridized carbons (Fsp3) is 0.421. The molecule has 2 aromatic heterocycles. The number of carboxylic acid groups (broad SMARTS) is 1. The van der Waals surface area contributed by atoms with Gasteiger partial charge < -0.3 is 25.0 Å². The lowest BCUT2D eigenvalue weighted by Crippen LogP contribution is -2.35. The van der Waals surface area contributed by atoms with E-state index in [-0.39, 0.29) is 55.0 Å². The number of aliphatic carboxylic acids is 1. The highest BCUT2D eigenvalue weighted by Gasteiger charge is 2.39. The molecule has 2 aliphatic carbocycles. The number of benzene rings is 2. The topological polar surface area (TPSA) is 127 Å². The van der Waals surface area contributed by atoms with E-state index in [2.05, 4.69) is 15.3 Å². The number of aliphatic hydroxyl groups is 1. The van der Waals surface area contributed by atoms with Gasteiger partial charge in [0.05, 0.1) is 36.7 Å². The molecule has 2 heterocycles. The number of nitrogens with one attached hydrogen (secondary N) is 1. The lowest BCUT2D eigenvalue weighted by atomic mass is 9.82. The van der Waals surface area contributed by atoms with E-state index in [4.69, 9.17) is 31.2 Å². The Hall–Kier alpha value is -4.26. The largest absolute Gasteiger partial charge is 0.481 e. The predicted octanol–water partition coefficient (Wildman–Crippen LogP) is 7.44. The first-order valence-electron chi connectivity index (χ1n) is 17.0. The summed E-state index contributed by atoms with van der Waals surface area (Å²) in [6.45, 7) is 1.39. The maximum Gasteiger partial charge on any atom is 0.435 e. The van der Waals surface area contributed by atoms with Crippen molar-refractivity contribution in [3.05, 3.63) is 87.3 Å². The number of aryl methyl sites for hydroxylation is 1. The Kier molecular flexibility index (Phi) is 11.1. The van der Waals surface area contributed by atoms with Gasteiger partial charge in [-0.3, -0.25) is 4.79 Å². The molecule has 1 atom stereocenters. The smallest absolute Gasteiger partial charge is 0.435 e. The van der Waals surface area contributed by atoms with Crippen LogP contribution in [0.15, 0.2) is 48.5 Å². The number of hydrogen-bond acceptors (Lipinski definition) is 8. The van der Waals surface area contributed by atoms with E-state index in [0.29, 0.717) is 41.9 Å². The molecule has 2 aliphatic rings. The van der Waals surface area contributed by atoms with Crippen molar-refractivity contribution in [3.63, 3.8) is 0 Å². The number of hydrogen-bond donors (Lipinski definition) is 3. The van der Waals surface area contributed by atoms with Crippen LogP contribution < -0.4 is 14.8 Å². The van der Waals surface area contributed by atoms with E-state index in [9.17, 15) is 23.1 Å². The Labute approximate surface area is 299 Å². The number of aromatic nitrogens is 3. The van der Waals surface area contributed by atoms with E-state index < -0.39 is 17.8 Å². The van der Waals surface area contributed by atoms with Gasteiger partial charge in [0.1, 0.15) is 5.69 Å². The van der Waals surface area contributed by atoms with Crippen LogP contribution in [0.2, 0.25) is 5.02 Å². The van der Waals surface area contributed by atoms with Crippen LogP contribution in [0.3, 0.4) is 0 Å². The molecular formula is C38H40ClF3N4O5. The standard InChI is InChI=1S/C38H40ClF3N4O5/c1-50-36-23(20-43-19-21-16-24(47)17-21)13-15-30(45-36)29-9-4-8-28(34(29)39)26-7-3-6-25-22(12-14-27(25)26)18-32-35(38(40,41)42)44-31(37(46-32)51-2)10-5-11-33(48)49/h3-4,6-9,13,15,21-22,24,43,47H,5,10-12,14,16-20H2,1-2H3,(H,48,49)/t21?,22-,24?/m1/s1. The summed E-state index contributed by atoms with van der Waals surface area (Å²) in [5.74, 6) is -0.355. The molecule has 0 amide bonds. The van der Waals surface area contributed by atoms with Crippen molar-refractivity contribution in [2.24, 2.45) is 5.92 Å². The molecular weight excluding hydrogens is 685 g/mol. The molecule has 0 aliphatic heterocycles. The highest BCUT2D eigenvalue weighted by molar-refractivity contribution is 6.36. The summed E-state index contributed by atoms with van der Waals surface area (Å²) in [4.78, 5) is 23.9. The first kappa shape index (κ1) is 36.5. The second-order valence-electron chi connectivity index (χ2n) is 13.2. The molecule has 9 nitrogen and oxygen atoms in total. The van der Waals surface area contributed by atoms with E-state index in [1.165, 1.54) is 7.11 Å². The normalized spacial score (nSPS) is 18.3. The zero-order valence-corrected chi connectivity index (χ0v) is 29.2. The minimum Gasteiger partial charge on any atom is -0.481 e. The number of nitrogens with zero attached hydrogens (tertiary/aromatic N) is 3. The van der Waals surface area contributed by atoms with E-state index in [1.807, 2.05) is 48.5 Å². The number of methoxy groups -OCH3 is 2. The Bertz CT molecular complexity index is 1900. The SMILES string of the molecule is COc1nc(-c2cccc(-c3cccc4c3CC[C@@H]4Cc3nc(OC)c(CCCC(=O)O)nc3C(F)(F)F)c2Cl)ccc1CNCC1CC(O)C1. The number of alkyl halides is 3. The molecule has 51 heavy (non-hydrogen) atoms. The number of rotatable bonds is 14. The Morgan fingerprint density at radius 3 is 2.39 bits per heavy atom. The molecule has 1 saturated carbocycles. The molecule has 0 saturated heterocycles. The summed E-state index contributed by atoms with van der Waals surface area (Å²) in [6.07, 6.45) is -2.14. The Balaban J connectivity index is 1.25. The molecule has 3 N–H and O–H groups in total. The van der Waals surface area contributed by atoms with Crippen LogP contribution in [-0.4, -0.2) is 58.0 Å². The summed E-state index contributed by atoms with van der Waals surface area (Å²) in [5.41, 5.74) is 4.64. The lowest BCUT2D eigenvalue weighted by molar-refractivity contribution is -0.142. The highest BCUT2D eigenvalue weighted by Crippen LogP contribution is 2.45. The van der Waals surface area contributed by atoms with Gasteiger partial charge in [-0.05, 0) is 86.1 Å². The fourth-order valence-electron chi connectivity index (χ4n) is 7.17. The number of aliphatic hydroxyl groups excluding tert-OH is 1. The van der Waals surface area contributed by atoms with Crippen LogP contribution in [0.1, 0.15) is 71.8 Å². The summed E-state index contributed by atoms with van der Waals surface area (Å²) in [6, 6.07) is 15.4. The quantitative estimate of drug-likeness (QED) is 0.122. The summed E-state index contributed by atoms with van der Waals surface area (Å²) < 4.78 is 53.8. The molecule has 13 heteroatoms. The highest BCUT2D eigenvalue weighted by atomic mass is 35.5. The Morgan fingerprint density at radius 2 is 1.69 bits per heavy atom. The zero-order chi connectivity index (χ0) is 36.3. The number of pyridine rings is 1. The molecule has 4 aromatic rings. The number of ether oxygens (including phenoxy) is 2. The Morgan fingerprint density at radius 1 is 0.961 bits per heavy atom. The van der Waals surface area contributed by atoms with Gasteiger partial charge in [-0.1, -0.05) is 54.1 Å². The molecule has 270 valence electrons. The van der Waals surface area contributed by atoms with Crippen LogP contribution in [0, 0.1) is 5.92 Å². The maximum absolute atomic E-state index is 14.3. The first-order valence-corrected chi connectivity index (χ1v) is 17.4. The monoisotopic (exact) mass is 724 g/mol. The van der Waals surface area contributed by atoms with Crippen molar-refractivity contribution in [2.45, 2.75) is 76.1 Å². The van der Waals surface area contributed by atoms with Crippen molar-refractivity contribution >= 4 is 17.6 Å². The average molecular weight is 725 g/mol. The van der Waals surface area contributed by atoms with Gasteiger partial charge in [0.25, 0.3) is 0 Å². The minimum atomic E-state index is -4.75. The van der Waals surface area contributed by atoms with Gasteiger partial charge in [0.15, 0.2) is 5.69 Å². The van der Waals surface area contributed by atoms with Crippen LogP contribution >= 0.6 is 11.6 Å². The number of carboxylic acids is 1.